The quantitative estimate of drug-likeness (QED) is 0.879. The van der Waals surface area contributed by atoms with Crippen LogP contribution in [0.15, 0.2) is 48.5 Å². The van der Waals surface area contributed by atoms with Gasteiger partial charge < -0.3 is 10.1 Å². The van der Waals surface area contributed by atoms with Gasteiger partial charge in [0, 0.05) is 11.1 Å². The van der Waals surface area contributed by atoms with E-state index in [4.69, 9.17) is 4.74 Å². The Morgan fingerprint density at radius 1 is 1.15 bits per heavy atom. The molecule has 0 bridgehead atoms. The third-order valence-corrected chi connectivity index (χ3v) is 4.71. The Morgan fingerprint density at radius 3 is 2.54 bits per heavy atom. The number of ether oxygens (including phenoxy) is 1. The zero-order valence-corrected chi connectivity index (χ0v) is 15.4. The topological polar surface area (TPSA) is 58.6 Å². The summed E-state index contributed by atoms with van der Waals surface area (Å²) < 4.78 is 5.02. The lowest BCUT2D eigenvalue weighted by atomic mass is 9.84. The fourth-order valence-electron chi connectivity index (χ4n) is 3.14. The summed E-state index contributed by atoms with van der Waals surface area (Å²) in [6.07, 6.45) is 0.303. The van der Waals surface area contributed by atoms with Crippen molar-refractivity contribution >= 4 is 23.4 Å². The van der Waals surface area contributed by atoms with Crippen LogP contribution in [0.3, 0.4) is 0 Å². The minimum Gasteiger partial charge on any atom is -0.447 e. The van der Waals surface area contributed by atoms with Gasteiger partial charge in [-0.25, -0.2) is 4.79 Å². The van der Waals surface area contributed by atoms with Crippen molar-refractivity contribution in [1.29, 1.82) is 0 Å². The standard InChI is InChI=1S/C21H24N2O3/c1-15-17(10-7-11-18(15)23-12-13-26-20(23)25)22-19(24)21(2,3)14-16-8-5-4-6-9-16/h4-11H,12-14H2,1-3H3,(H,22,24). The molecule has 0 atom stereocenters. The number of hydrogen-bond acceptors (Lipinski definition) is 3. The van der Waals surface area contributed by atoms with E-state index in [1.807, 2.05) is 69.3 Å². The van der Waals surface area contributed by atoms with Crippen molar-refractivity contribution in [1.82, 2.24) is 0 Å². The summed E-state index contributed by atoms with van der Waals surface area (Å²) in [6.45, 7) is 6.69. The van der Waals surface area contributed by atoms with Crippen LogP contribution in [-0.4, -0.2) is 25.2 Å². The number of benzene rings is 2. The van der Waals surface area contributed by atoms with Crippen molar-refractivity contribution < 1.29 is 14.3 Å². The molecule has 2 aromatic rings. The third-order valence-electron chi connectivity index (χ3n) is 4.71. The van der Waals surface area contributed by atoms with Crippen LogP contribution in [0.5, 0.6) is 0 Å². The minimum absolute atomic E-state index is 0.0504. The second-order valence-electron chi connectivity index (χ2n) is 7.22. The highest BCUT2D eigenvalue weighted by molar-refractivity contribution is 5.98. The average Bonchev–Trinajstić information content (AvgIpc) is 3.03. The molecule has 26 heavy (non-hydrogen) atoms. The molecule has 136 valence electrons. The molecule has 2 aromatic carbocycles. The van der Waals surface area contributed by atoms with E-state index in [0.717, 1.165) is 16.8 Å². The van der Waals surface area contributed by atoms with E-state index in [1.54, 1.807) is 4.90 Å². The fraction of sp³-hybridized carbons (Fsp3) is 0.333. The van der Waals surface area contributed by atoms with Crippen LogP contribution in [0.25, 0.3) is 0 Å². The van der Waals surface area contributed by atoms with Crippen LogP contribution in [0.4, 0.5) is 16.2 Å². The van der Waals surface area contributed by atoms with E-state index in [9.17, 15) is 9.59 Å². The van der Waals surface area contributed by atoms with Gasteiger partial charge in [-0.2, -0.15) is 0 Å². The second-order valence-corrected chi connectivity index (χ2v) is 7.22. The molecule has 0 unspecified atom stereocenters. The van der Waals surface area contributed by atoms with Crippen LogP contribution < -0.4 is 10.2 Å². The molecule has 0 aliphatic carbocycles. The molecule has 5 heteroatoms. The molecule has 1 fully saturated rings. The molecule has 1 N–H and O–H groups in total. The van der Waals surface area contributed by atoms with Gasteiger partial charge in [0.1, 0.15) is 6.61 Å². The highest BCUT2D eigenvalue weighted by atomic mass is 16.6. The lowest BCUT2D eigenvalue weighted by Gasteiger charge is -2.25. The van der Waals surface area contributed by atoms with Crippen LogP contribution in [-0.2, 0) is 16.0 Å². The number of hydrogen-bond donors (Lipinski definition) is 1. The number of nitrogens with one attached hydrogen (secondary N) is 1. The predicted molar refractivity (Wildman–Crippen MR) is 102 cm³/mol. The van der Waals surface area contributed by atoms with Crippen LogP contribution >= 0.6 is 0 Å². The number of anilines is 2. The molecule has 1 heterocycles. The summed E-state index contributed by atoms with van der Waals surface area (Å²) >= 11 is 0. The first kappa shape index (κ1) is 18.0. The normalized spacial score (nSPS) is 14.3. The summed E-state index contributed by atoms with van der Waals surface area (Å²) in [5.41, 5.74) is 2.91. The van der Waals surface area contributed by atoms with Gasteiger partial charge in [0.25, 0.3) is 0 Å². The first-order valence-electron chi connectivity index (χ1n) is 8.78. The van der Waals surface area contributed by atoms with Crippen molar-refractivity contribution in [2.45, 2.75) is 27.2 Å². The fourth-order valence-corrected chi connectivity index (χ4v) is 3.14. The lowest BCUT2D eigenvalue weighted by Crippen LogP contribution is -2.33. The minimum atomic E-state index is -0.559. The first-order chi connectivity index (χ1) is 12.4. The Balaban J connectivity index is 1.78. The maximum absolute atomic E-state index is 12.9. The monoisotopic (exact) mass is 352 g/mol. The van der Waals surface area contributed by atoms with Crippen molar-refractivity contribution in [3.8, 4) is 0 Å². The Hall–Kier alpha value is -2.82. The highest BCUT2D eigenvalue weighted by Gasteiger charge is 2.29. The lowest BCUT2D eigenvalue weighted by molar-refractivity contribution is -0.123. The summed E-state index contributed by atoms with van der Waals surface area (Å²) in [5.74, 6) is -0.0504. The van der Waals surface area contributed by atoms with E-state index < -0.39 is 5.41 Å². The SMILES string of the molecule is Cc1c(NC(=O)C(C)(C)Cc2ccccc2)cccc1N1CCOC1=O. The Labute approximate surface area is 154 Å². The van der Waals surface area contributed by atoms with Gasteiger partial charge in [0.15, 0.2) is 0 Å². The Bertz CT molecular complexity index is 815. The Morgan fingerprint density at radius 2 is 1.88 bits per heavy atom. The first-order valence-corrected chi connectivity index (χ1v) is 8.78. The van der Waals surface area contributed by atoms with Crippen molar-refractivity contribution in [3.63, 3.8) is 0 Å². The number of carbonyl (C=O) groups excluding carboxylic acids is 2. The number of nitrogens with zero attached hydrogens (tertiary/aromatic N) is 1. The van der Waals surface area contributed by atoms with E-state index in [1.165, 1.54) is 0 Å². The van der Waals surface area contributed by atoms with Gasteiger partial charge in [-0.05, 0) is 36.6 Å². The zero-order chi connectivity index (χ0) is 18.7. The maximum Gasteiger partial charge on any atom is 0.414 e. The van der Waals surface area contributed by atoms with E-state index >= 15 is 0 Å². The predicted octanol–water partition coefficient (Wildman–Crippen LogP) is 4.16. The van der Waals surface area contributed by atoms with Gasteiger partial charge in [0.05, 0.1) is 12.2 Å². The van der Waals surface area contributed by atoms with Gasteiger partial charge in [-0.15, -0.1) is 0 Å². The summed E-state index contributed by atoms with van der Waals surface area (Å²) in [6, 6.07) is 15.5. The Kier molecular flexibility index (Phi) is 4.98. The number of carbonyl (C=O) groups is 2. The molecule has 2 amide bonds. The third kappa shape index (κ3) is 3.72. The van der Waals surface area contributed by atoms with E-state index in [0.29, 0.717) is 25.3 Å². The summed E-state index contributed by atoms with van der Waals surface area (Å²) in [7, 11) is 0. The molecule has 1 aliphatic heterocycles. The molecular weight excluding hydrogens is 328 g/mol. The molecule has 1 aliphatic rings. The number of amides is 2. The largest absolute Gasteiger partial charge is 0.447 e. The van der Waals surface area contributed by atoms with Gasteiger partial charge >= 0.3 is 6.09 Å². The molecule has 0 aromatic heterocycles. The maximum atomic E-state index is 12.9. The molecule has 3 rings (SSSR count). The summed E-state index contributed by atoms with van der Waals surface area (Å²) in [5, 5.41) is 3.03. The van der Waals surface area contributed by atoms with Crippen LogP contribution in [0.2, 0.25) is 0 Å². The molecular formula is C21H24N2O3. The van der Waals surface area contributed by atoms with Crippen LogP contribution in [0.1, 0.15) is 25.0 Å². The van der Waals surface area contributed by atoms with Crippen molar-refractivity contribution in [3.05, 3.63) is 59.7 Å². The molecule has 0 spiro atoms. The average molecular weight is 352 g/mol. The molecule has 0 radical (unpaired) electrons. The highest BCUT2D eigenvalue weighted by Crippen LogP contribution is 2.31. The van der Waals surface area contributed by atoms with Gasteiger partial charge in [-0.3, -0.25) is 9.69 Å². The summed E-state index contributed by atoms with van der Waals surface area (Å²) in [4.78, 5) is 26.3. The number of cyclic esters (lactones) is 1. The smallest absolute Gasteiger partial charge is 0.414 e. The van der Waals surface area contributed by atoms with Gasteiger partial charge in [0.2, 0.25) is 5.91 Å². The van der Waals surface area contributed by atoms with E-state index in [-0.39, 0.29) is 12.0 Å². The van der Waals surface area contributed by atoms with E-state index in [2.05, 4.69) is 5.32 Å². The van der Waals surface area contributed by atoms with Crippen molar-refractivity contribution in [2.24, 2.45) is 5.41 Å². The second kappa shape index (κ2) is 7.20. The molecule has 0 saturated carbocycles. The molecule has 1 saturated heterocycles. The van der Waals surface area contributed by atoms with Gasteiger partial charge in [-0.1, -0.05) is 50.2 Å². The zero-order valence-electron chi connectivity index (χ0n) is 15.4. The van der Waals surface area contributed by atoms with Crippen LogP contribution in [0, 0.1) is 12.3 Å². The molecule has 5 nitrogen and oxygen atoms in total. The van der Waals surface area contributed by atoms with Crippen molar-refractivity contribution in [2.75, 3.05) is 23.4 Å². The number of rotatable bonds is 5.